The van der Waals surface area contributed by atoms with Crippen LogP contribution in [0.5, 0.6) is 5.75 Å². The summed E-state index contributed by atoms with van der Waals surface area (Å²) in [6.45, 7) is 7.05. The molecule has 1 aliphatic rings. The highest BCUT2D eigenvalue weighted by atomic mass is 32.2. The van der Waals surface area contributed by atoms with Gasteiger partial charge in [-0.3, -0.25) is 9.10 Å². The topological polar surface area (TPSA) is 113 Å². The summed E-state index contributed by atoms with van der Waals surface area (Å²) in [6.07, 6.45) is 2.18. The molecule has 9 nitrogen and oxygen atoms in total. The molecule has 2 aromatic rings. The Morgan fingerprint density at radius 2 is 1.81 bits per heavy atom. The molecule has 0 radical (unpaired) electrons. The zero-order valence-corrected chi connectivity index (χ0v) is 22.9. The molecule has 1 fully saturated rings. The van der Waals surface area contributed by atoms with Gasteiger partial charge in [0.15, 0.2) is 0 Å². The van der Waals surface area contributed by atoms with Crippen LogP contribution >= 0.6 is 0 Å². The normalized spacial score (nSPS) is 15.2. The Bertz CT molecular complexity index is 1240. The molecule has 0 aliphatic carbocycles. The Hall–Kier alpha value is -3.11. The Kier molecular flexibility index (Phi) is 9.20. The van der Waals surface area contributed by atoms with Crippen LogP contribution in [0.15, 0.2) is 41.3 Å². The summed E-state index contributed by atoms with van der Waals surface area (Å²) in [4.78, 5) is 25.8. The molecule has 1 aliphatic heterocycles. The Labute approximate surface area is 219 Å². The second kappa shape index (κ2) is 12.0. The van der Waals surface area contributed by atoms with Crippen LogP contribution in [-0.4, -0.2) is 70.3 Å². The van der Waals surface area contributed by atoms with E-state index in [1.165, 1.54) is 21.3 Å². The number of aryl methyl sites for hydroxylation is 1. The smallest absolute Gasteiger partial charge is 0.339 e. The number of nitrogens with zero attached hydrogens (tertiary/aromatic N) is 2. The van der Waals surface area contributed by atoms with Gasteiger partial charge >= 0.3 is 5.97 Å². The number of hydrogen-bond donors (Lipinski definition) is 1. The van der Waals surface area contributed by atoms with E-state index in [1.54, 1.807) is 46.1 Å². The summed E-state index contributed by atoms with van der Waals surface area (Å²) < 4.78 is 40.3. The molecule has 0 aromatic heterocycles. The molecule has 3 rings (SSSR count). The lowest BCUT2D eigenvalue weighted by molar-refractivity contribution is 0.0490. The van der Waals surface area contributed by atoms with Gasteiger partial charge in [-0.1, -0.05) is 6.92 Å². The molecule has 2 aromatic carbocycles. The first-order valence-corrected chi connectivity index (χ1v) is 13.9. The number of amides is 1. The summed E-state index contributed by atoms with van der Waals surface area (Å²) in [5.74, 6) is -1.06. The minimum atomic E-state index is -4.14. The zero-order valence-electron chi connectivity index (χ0n) is 22.1. The molecule has 202 valence electrons. The van der Waals surface area contributed by atoms with Crippen LogP contribution in [0.4, 0.5) is 5.69 Å². The van der Waals surface area contributed by atoms with Gasteiger partial charge in [0.25, 0.3) is 15.9 Å². The molecular formula is C27H36N2O7S. The second-order valence-corrected chi connectivity index (χ2v) is 11.4. The number of rotatable bonds is 10. The average Bonchev–Trinajstić information content (AvgIpc) is 2.88. The van der Waals surface area contributed by atoms with Crippen LogP contribution in [0.3, 0.4) is 0 Å². The summed E-state index contributed by atoms with van der Waals surface area (Å²) in [6, 6.07) is 8.43. The van der Waals surface area contributed by atoms with Crippen LogP contribution in [0, 0.1) is 12.8 Å². The standard InChI is InChI=1S/C27H36N2O7S/c1-6-19(3)29(24-9-7-21(15-18(24)2)26(30)28(4)5)37(33,34)22-8-10-25(23(16-22)27(31)32)36-17-20-11-13-35-14-12-20/h7-10,15-16,19-20H,6,11-14,17H2,1-5H3,(H,31,32). The van der Waals surface area contributed by atoms with Gasteiger partial charge in [0.05, 0.1) is 17.2 Å². The fourth-order valence-corrected chi connectivity index (χ4v) is 6.08. The van der Waals surface area contributed by atoms with E-state index >= 15 is 0 Å². The van der Waals surface area contributed by atoms with E-state index in [0.29, 0.717) is 43.1 Å². The Morgan fingerprint density at radius 3 is 2.38 bits per heavy atom. The highest BCUT2D eigenvalue weighted by molar-refractivity contribution is 7.92. The van der Waals surface area contributed by atoms with Gasteiger partial charge in [-0.05, 0) is 81.0 Å². The third kappa shape index (κ3) is 6.42. The molecule has 1 atom stereocenters. The third-order valence-electron chi connectivity index (χ3n) is 6.63. The Morgan fingerprint density at radius 1 is 1.14 bits per heavy atom. The molecule has 1 heterocycles. The van der Waals surface area contributed by atoms with E-state index in [9.17, 15) is 23.1 Å². The van der Waals surface area contributed by atoms with Crippen LogP contribution in [0.2, 0.25) is 0 Å². The number of aromatic carboxylic acids is 1. The maximum Gasteiger partial charge on any atom is 0.339 e. The van der Waals surface area contributed by atoms with Crippen molar-refractivity contribution in [3.63, 3.8) is 0 Å². The summed E-state index contributed by atoms with van der Waals surface area (Å²) in [5, 5.41) is 9.83. The van der Waals surface area contributed by atoms with E-state index < -0.39 is 22.0 Å². The monoisotopic (exact) mass is 532 g/mol. The predicted octanol–water partition coefficient (Wildman–Crippen LogP) is 4.19. The molecule has 1 amide bonds. The number of carbonyl (C=O) groups excluding carboxylic acids is 1. The minimum absolute atomic E-state index is 0.135. The van der Waals surface area contributed by atoms with Gasteiger partial charge in [0.1, 0.15) is 11.3 Å². The van der Waals surface area contributed by atoms with Crippen molar-refractivity contribution in [2.45, 2.75) is 51.0 Å². The first-order valence-electron chi connectivity index (χ1n) is 12.4. The number of anilines is 1. The van der Waals surface area contributed by atoms with Crippen molar-refractivity contribution in [1.82, 2.24) is 4.90 Å². The van der Waals surface area contributed by atoms with E-state index in [-0.39, 0.29) is 28.0 Å². The van der Waals surface area contributed by atoms with Crippen LogP contribution in [-0.2, 0) is 14.8 Å². The quantitative estimate of drug-likeness (QED) is 0.488. The first-order chi connectivity index (χ1) is 17.5. The lowest BCUT2D eigenvalue weighted by Gasteiger charge is -2.31. The van der Waals surface area contributed by atoms with Crippen molar-refractivity contribution in [2.75, 3.05) is 38.2 Å². The molecule has 10 heteroatoms. The number of sulfonamides is 1. The van der Waals surface area contributed by atoms with Crippen molar-refractivity contribution in [3.8, 4) is 5.75 Å². The average molecular weight is 533 g/mol. The maximum atomic E-state index is 13.9. The van der Waals surface area contributed by atoms with Gasteiger partial charge in [-0.25, -0.2) is 13.2 Å². The molecule has 37 heavy (non-hydrogen) atoms. The fraction of sp³-hybridized carbons (Fsp3) is 0.481. The number of ether oxygens (including phenoxy) is 2. The molecule has 1 unspecified atom stereocenters. The van der Waals surface area contributed by atoms with Gasteiger partial charge in [0.2, 0.25) is 0 Å². The number of benzene rings is 2. The molecule has 0 spiro atoms. The summed E-state index contributed by atoms with van der Waals surface area (Å²) in [5.41, 5.74) is 1.29. The second-order valence-electron chi connectivity index (χ2n) is 9.59. The molecule has 1 N–H and O–H groups in total. The van der Waals surface area contributed by atoms with Gasteiger partial charge < -0.3 is 19.5 Å². The van der Waals surface area contributed by atoms with E-state index in [2.05, 4.69) is 0 Å². The molecule has 0 bridgehead atoms. The van der Waals surface area contributed by atoms with Crippen molar-refractivity contribution in [1.29, 1.82) is 0 Å². The lowest BCUT2D eigenvalue weighted by Crippen LogP contribution is -2.39. The minimum Gasteiger partial charge on any atom is -0.492 e. The number of hydrogen-bond acceptors (Lipinski definition) is 6. The van der Waals surface area contributed by atoms with Crippen molar-refractivity contribution in [2.24, 2.45) is 5.92 Å². The van der Waals surface area contributed by atoms with Gasteiger partial charge in [0, 0.05) is 38.9 Å². The molecule has 0 saturated carbocycles. The SMILES string of the molecule is CCC(C)N(c1ccc(C(=O)N(C)C)cc1C)S(=O)(=O)c1ccc(OCC2CCOCC2)c(C(=O)O)c1. The Balaban J connectivity index is 1.99. The van der Waals surface area contributed by atoms with E-state index in [1.807, 2.05) is 6.92 Å². The molecule has 1 saturated heterocycles. The maximum absolute atomic E-state index is 13.9. The van der Waals surface area contributed by atoms with Crippen molar-refractivity contribution < 1.29 is 32.6 Å². The van der Waals surface area contributed by atoms with Crippen LogP contribution in [0.1, 0.15) is 59.4 Å². The van der Waals surface area contributed by atoms with E-state index in [0.717, 1.165) is 18.9 Å². The summed E-state index contributed by atoms with van der Waals surface area (Å²) >= 11 is 0. The lowest BCUT2D eigenvalue weighted by atomic mass is 10.0. The van der Waals surface area contributed by atoms with Crippen molar-refractivity contribution >= 4 is 27.6 Å². The zero-order chi connectivity index (χ0) is 27.3. The van der Waals surface area contributed by atoms with Crippen LogP contribution < -0.4 is 9.04 Å². The number of carboxylic acid groups (broad SMARTS) is 1. The van der Waals surface area contributed by atoms with Gasteiger partial charge in [-0.15, -0.1) is 0 Å². The van der Waals surface area contributed by atoms with Gasteiger partial charge in [-0.2, -0.15) is 0 Å². The van der Waals surface area contributed by atoms with Crippen LogP contribution in [0.25, 0.3) is 0 Å². The molecular weight excluding hydrogens is 496 g/mol. The number of carboxylic acids is 1. The predicted molar refractivity (Wildman–Crippen MR) is 141 cm³/mol. The largest absolute Gasteiger partial charge is 0.492 e. The highest BCUT2D eigenvalue weighted by Crippen LogP contribution is 2.33. The van der Waals surface area contributed by atoms with Crippen molar-refractivity contribution in [3.05, 3.63) is 53.1 Å². The number of carbonyl (C=O) groups is 2. The fourth-order valence-electron chi connectivity index (χ4n) is 4.26. The third-order valence-corrected chi connectivity index (χ3v) is 8.56. The first kappa shape index (κ1) is 28.5. The van der Waals surface area contributed by atoms with E-state index in [4.69, 9.17) is 9.47 Å². The summed E-state index contributed by atoms with van der Waals surface area (Å²) in [7, 11) is -0.840. The highest BCUT2D eigenvalue weighted by Gasteiger charge is 2.31.